The van der Waals surface area contributed by atoms with Crippen LogP contribution < -0.4 is 0 Å². The van der Waals surface area contributed by atoms with Crippen LogP contribution in [-0.4, -0.2) is 18.4 Å². The van der Waals surface area contributed by atoms with E-state index < -0.39 is 5.41 Å². The minimum atomic E-state index is -1.03. The topological polar surface area (TPSA) is 43.4 Å². The molecule has 0 aliphatic carbocycles. The molecule has 0 aromatic heterocycles. The van der Waals surface area contributed by atoms with Gasteiger partial charge in [-0.15, -0.1) is 0 Å². The van der Waals surface area contributed by atoms with Gasteiger partial charge in [0.25, 0.3) is 0 Å². The Morgan fingerprint density at radius 3 is 2.62 bits per heavy atom. The van der Waals surface area contributed by atoms with Gasteiger partial charge in [-0.1, -0.05) is 49.8 Å². The van der Waals surface area contributed by atoms with E-state index in [9.17, 15) is 9.59 Å². The van der Waals surface area contributed by atoms with Gasteiger partial charge in [0, 0.05) is 6.42 Å². The molecule has 3 nitrogen and oxygen atoms in total. The smallest absolute Gasteiger partial charge is 0.319 e. The van der Waals surface area contributed by atoms with Crippen LogP contribution in [0.5, 0.6) is 0 Å². The van der Waals surface area contributed by atoms with Gasteiger partial charge < -0.3 is 4.74 Å². The highest BCUT2D eigenvalue weighted by molar-refractivity contribution is 6.04. The molecule has 2 rings (SSSR count). The number of carbonyl (C=O) groups is 2. The first-order valence-electron chi connectivity index (χ1n) is 7.53. The Labute approximate surface area is 126 Å². The summed E-state index contributed by atoms with van der Waals surface area (Å²) < 4.78 is 5.29. The molecule has 1 heterocycles. The van der Waals surface area contributed by atoms with Crippen LogP contribution in [0.2, 0.25) is 0 Å². The maximum absolute atomic E-state index is 12.4. The lowest BCUT2D eigenvalue weighted by Crippen LogP contribution is -2.40. The summed E-state index contributed by atoms with van der Waals surface area (Å²) in [4.78, 5) is 24.7. The summed E-state index contributed by atoms with van der Waals surface area (Å²) in [5.74, 6) is -0.462. The van der Waals surface area contributed by atoms with Gasteiger partial charge in [-0.2, -0.15) is 0 Å². The number of esters is 1. The molecular formula is C18H22O3. The number of ketones is 1. The molecular weight excluding hydrogens is 264 g/mol. The number of cyclic esters (lactones) is 1. The van der Waals surface area contributed by atoms with Crippen molar-refractivity contribution < 1.29 is 14.3 Å². The molecule has 3 heteroatoms. The molecule has 1 aliphatic heterocycles. The highest BCUT2D eigenvalue weighted by Gasteiger charge is 2.45. The van der Waals surface area contributed by atoms with E-state index in [4.69, 9.17) is 4.74 Å². The Morgan fingerprint density at radius 1 is 1.29 bits per heavy atom. The lowest BCUT2D eigenvalue weighted by atomic mass is 9.73. The Bertz CT molecular complexity index is 545. The summed E-state index contributed by atoms with van der Waals surface area (Å²) in [6, 6.07) is 9.96. The Morgan fingerprint density at radius 2 is 2.00 bits per heavy atom. The first-order valence-corrected chi connectivity index (χ1v) is 7.53. The van der Waals surface area contributed by atoms with Crippen molar-refractivity contribution >= 4 is 17.3 Å². The quantitative estimate of drug-likeness (QED) is 0.625. The van der Waals surface area contributed by atoms with Crippen LogP contribution in [0.25, 0.3) is 5.57 Å². The van der Waals surface area contributed by atoms with Gasteiger partial charge in [-0.25, -0.2) is 0 Å². The minimum Gasteiger partial charge on any atom is -0.465 e. The van der Waals surface area contributed by atoms with Crippen molar-refractivity contribution in [2.24, 2.45) is 5.41 Å². The molecule has 0 bridgehead atoms. The molecule has 1 aromatic carbocycles. The standard InChI is InChI=1S/C18H22O3/c1-3-11-18(14(2)19)13-16(10-7-12-21-17(18)20)15-8-5-4-6-9-15/h4-6,8-10H,3,7,11-13H2,1-2H3/b16-10+. The highest BCUT2D eigenvalue weighted by Crippen LogP contribution is 2.39. The summed E-state index contributed by atoms with van der Waals surface area (Å²) in [7, 11) is 0. The molecule has 21 heavy (non-hydrogen) atoms. The first kappa shape index (κ1) is 15.5. The number of hydrogen-bond donors (Lipinski definition) is 0. The van der Waals surface area contributed by atoms with Crippen LogP contribution in [-0.2, 0) is 14.3 Å². The number of hydrogen-bond acceptors (Lipinski definition) is 3. The zero-order valence-corrected chi connectivity index (χ0v) is 12.7. The molecule has 0 saturated carbocycles. The second-order valence-electron chi connectivity index (χ2n) is 5.59. The molecule has 112 valence electrons. The lowest BCUT2D eigenvalue weighted by Gasteiger charge is -2.31. The number of carbonyl (C=O) groups excluding carboxylic acids is 2. The molecule has 1 aliphatic rings. The van der Waals surface area contributed by atoms with Crippen LogP contribution in [0.1, 0.15) is 45.1 Å². The van der Waals surface area contributed by atoms with Crippen molar-refractivity contribution in [1.82, 2.24) is 0 Å². The van der Waals surface area contributed by atoms with Crippen LogP contribution in [0.4, 0.5) is 0 Å². The van der Waals surface area contributed by atoms with Gasteiger partial charge in [0.2, 0.25) is 0 Å². The Balaban J connectivity index is 2.43. The minimum absolute atomic E-state index is 0.0990. The molecule has 0 N–H and O–H groups in total. The third-order valence-corrected chi connectivity index (χ3v) is 4.12. The zero-order chi connectivity index (χ0) is 15.3. The fraction of sp³-hybridized carbons (Fsp3) is 0.444. The Hall–Kier alpha value is -1.90. The van der Waals surface area contributed by atoms with E-state index in [0.717, 1.165) is 17.6 Å². The summed E-state index contributed by atoms with van der Waals surface area (Å²) in [5.41, 5.74) is 1.11. The van der Waals surface area contributed by atoms with E-state index in [0.29, 0.717) is 25.9 Å². The number of allylic oxidation sites excluding steroid dienone is 1. The fourth-order valence-corrected chi connectivity index (χ4v) is 2.93. The SMILES string of the molecule is CCCC1(C(C)=O)C/C(c2ccccc2)=C\CCOC1=O. The van der Waals surface area contributed by atoms with E-state index >= 15 is 0 Å². The largest absolute Gasteiger partial charge is 0.465 e. The van der Waals surface area contributed by atoms with E-state index in [1.54, 1.807) is 0 Å². The van der Waals surface area contributed by atoms with Crippen molar-refractivity contribution in [3.8, 4) is 0 Å². The fourth-order valence-electron chi connectivity index (χ4n) is 2.93. The third kappa shape index (κ3) is 3.23. The summed E-state index contributed by atoms with van der Waals surface area (Å²) in [5, 5.41) is 0. The molecule has 0 saturated heterocycles. The van der Waals surface area contributed by atoms with Crippen molar-refractivity contribution in [2.45, 2.75) is 39.5 Å². The van der Waals surface area contributed by atoms with Crippen LogP contribution >= 0.6 is 0 Å². The molecule has 0 radical (unpaired) electrons. The van der Waals surface area contributed by atoms with E-state index in [-0.39, 0.29) is 11.8 Å². The van der Waals surface area contributed by atoms with Crippen molar-refractivity contribution in [3.05, 3.63) is 42.0 Å². The van der Waals surface area contributed by atoms with Gasteiger partial charge in [-0.3, -0.25) is 9.59 Å². The molecule has 0 spiro atoms. The third-order valence-electron chi connectivity index (χ3n) is 4.12. The predicted molar refractivity (Wildman–Crippen MR) is 82.6 cm³/mol. The molecule has 1 atom stereocenters. The molecule has 1 aromatic rings. The van der Waals surface area contributed by atoms with E-state index in [2.05, 4.69) is 6.08 Å². The molecule has 0 amide bonds. The second kappa shape index (κ2) is 6.70. The predicted octanol–water partition coefficient (Wildman–Crippen LogP) is 3.78. The number of benzene rings is 1. The van der Waals surface area contributed by atoms with E-state index in [1.165, 1.54) is 6.92 Å². The molecule has 0 fully saturated rings. The maximum Gasteiger partial charge on any atom is 0.319 e. The average molecular weight is 286 g/mol. The van der Waals surface area contributed by atoms with Crippen molar-refractivity contribution in [1.29, 1.82) is 0 Å². The monoisotopic (exact) mass is 286 g/mol. The van der Waals surface area contributed by atoms with Gasteiger partial charge in [0.1, 0.15) is 11.2 Å². The molecule has 1 unspecified atom stereocenters. The summed E-state index contributed by atoms with van der Waals surface area (Å²) in [6.07, 6.45) is 4.52. The van der Waals surface area contributed by atoms with Crippen LogP contribution in [0.15, 0.2) is 36.4 Å². The number of Topliss-reactive ketones (excluding diaryl/α,β-unsaturated/α-hetero) is 1. The number of rotatable bonds is 4. The van der Waals surface area contributed by atoms with Crippen LogP contribution in [0.3, 0.4) is 0 Å². The zero-order valence-electron chi connectivity index (χ0n) is 12.7. The normalized spacial score (nSPS) is 25.2. The first-order chi connectivity index (χ1) is 10.1. The summed E-state index contributed by atoms with van der Waals surface area (Å²) in [6.45, 7) is 3.83. The maximum atomic E-state index is 12.4. The van der Waals surface area contributed by atoms with E-state index in [1.807, 2.05) is 37.3 Å². The van der Waals surface area contributed by atoms with Gasteiger partial charge in [0.05, 0.1) is 6.61 Å². The van der Waals surface area contributed by atoms with Crippen molar-refractivity contribution in [2.75, 3.05) is 6.61 Å². The van der Waals surface area contributed by atoms with Gasteiger partial charge in [-0.05, 0) is 30.9 Å². The van der Waals surface area contributed by atoms with Gasteiger partial charge in [0.15, 0.2) is 0 Å². The van der Waals surface area contributed by atoms with Gasteiger partial charge >= 0.3 is 5.97 Å². The second-order valence-corrected chi connectivity index (χ2v) is 5.59. The van der Waals surface area contributed by atoms with Crippen molar-refractivity contribution in [3.63, 3.8) is 0 Å². The number of ether oxygens (including phenoxy) is 1. The van der Waals surface area contributed by atoms with Crippen LogP contribution in [0, 0.1) is 5.41 Å². The Kier molecular flexibility index (Phi) is 4.94. The highest BCUT2D eigenvalue weighted by atomic mass is 16.5. The average Bonchev–Trinajstić information content (AvgIpc) is 2.47. The lowest BCUT2D eigenvalue weighted by molar-refractivity contribution is -0.160. The summed E-state index contributed by atoms with van der Waals surface area (Å²) >= 11 is 0.